The summed E-state index contributed by atoms with van der Waals surface area (Å²) in [6.45, 7) is 4.65. The van der Waals surface area contributed by atoms with E-state index in [9.17, 15) is 9.59 Å². The van der Waals surface area contributed by atoms with Crippen molar-refractivity contribution >= 4 is 11.9 Å². The molecule has 6 heteroatoms. The maximum Gasteiger partial charge on any atom is 0.305 e. The average Bonchev–Trinajstić information content (AvgIpc) is 2.82. The standard InChI is InChI=1S/C28H54N2O4/c1-5-6-7-8-9-10-11-12-13-14-15-16-17-18-19-20-28(32)34-26-24-30(23-25-33-4)27(31)21-22-29(2)3/h12-13H,5-11,14-26H2,1-4H3/b13-12-. The summed E-state index contributed by atoms with van der Waals surface area (Å²) < 4.78 is 10.5. The highest BCUT2D eigenvalue weighted by Gasteiger charge is 2.14. The lowest BCUT2D eigenvalue weighted by Crippen LogP contribution is -2.38. The van der Waals surface area contributed by atoms with E-state index < -0.39 is 0 Å². The third-order valence-corrected chi connectivity index (χ3v) is 5.96. The number of nitrogens with zero attached hydrogens (tertiary/aromatic N) is 2. The molecule has 0 aliphatic carbocycles. The molecular weight excluding hydrogens is 428 g/mol. The predicted octanol–water partition coefficient (Wildman–Crippen LogP) is 5.99. The average molecular weight is 483 g/mol. The number of carbonyl (C=O) groups excluding carboxylic acids is 2. The lowest BCUT2D eigenvalue weighted by Gasteiger charge is -2.23. The number of rotatable bonds is 24. The van der Waals surface area contributed by atoms with Crippen LogP contribution in [0, 0.1) is 0 Å². The van der Waals surface area contributed by atoms with Gasteiger partial charge in [-0.25, -0.2) is 0 Å². The van der Waals surface area contributed by atoms with Gasteiger partial charge in [0.1, 0.15) is 6.61 Å². The fourth-order valence-electron chi connectivity index (χ4n) is 3.72. The first-order valence-corrected chi connectivity index (χ1v) is 13.7. The highest BCUT2D eigenvalue weighted by Crippen LogP contribution is 2.10. The number of hydrogen-bond donors (Lipinski definition) is 0. The Labute approximate surface area is 210 Å². The van der Waals surface area contributed by atoms with Gasteiger partial charge in [0.05, 0.1) is 13.2 Å². The topological polar surface area (TPSA) is 59.1 Å². The van der Waals surface area contributed by atoms with Crippen molar-refractivity contribution in [2.45, 2.75) is 103 Å². The number of ether oxygens (including phenoxy) is 2. The van der Waals surface area contributed by atoms with Crippen LogP contribution in [-0.2, 0) is 19.1 Å². The normalized spacial score (nSPS) is 11.4. The van der Waals surface area contributed by atoms with Crippen LogP contribution in [0.4, 0.5) is 0 Å². The molecule has 0 rings (SSSR count). The quantitative estimate of drug-likeness (QED) is 0.0960. The zero-order valence-corrected chi connectivity index (χ0v) is 22.8. The summed E-state index contributed by atoms with van der Waals surface area (Å²) in [5, 5.41) is 0. The van der Waals surface area contributed by atoms with Crippen LogP contribution < -0.4 is 0 Å². The van der Waals surface area contributed by atoms with Crippen molar-refractivity contribution in [3.05, 3.63) is 12.2 Å². The van der Waals surface area contributed by atoms with Gasteiger partial charge in [-0.15, -0.1) is 0 Å². The molecule has 0 N–H and O–H groups in total. The SMILES string of the molecule is CCCCCCCC/C=C\CCCCCCCC(=O)OCCN(CCOC)C(=O)CCN(C)C. The Kier molecular flexibility index (Phi) is 23.7. The minimum Gasteiger partial charge on any atom is -0.464 e. The Bertz CT molecular complexity index is 509. The molecule has 0 aromatic carbocycles. The van der Waals surface area contributed by atoms with Gasteiger partial charge in [0.2, 0.25) is 5.91 Å². The fourth-order valence-corrected chi connectivity index (χ4v) is 3.72. The summed E-state index contributed by atoms with van der Waals surface area (Å²) in [4.78, 5) is 28.1. The molecule has 0 saturated heterocycles. The van der Waals surface area contributed by atoms with Crippen LogP contribution in [0.5, 0.6) is 0 Å². The first-order chi connectivity index (χ1) is 16.5. The molecule has 34 heavy (non-hydrogen) atoms. The van der Waals surface area contributed by atoms with Crippen LogP contribution in [0.15, 0.2) is 12.2 Å². The Morgan fingerprint density at radius 1 is 0.706 bits per heavy atom. The third-order valence-electron chi connectivity index (χ3n) is 5.96. The zero-order chi connectivity index (χ0) is 25.3. The smallest absolute Gasteiger partial charge is 0.305 e. The van der Waals surface area contributed by atoms with Crippen LogP contribution in [0.25, 0.3) is 0 Å². The second-order valence-corrected chi connectivity index (χ2v) is 9.48. The number of esters is 1. The van der Waals surface area contributed by atoms with Crippen molar-refractivity contribution in [2.75, 3.05) is 54.1 Å². The van der Waals surface area contributed by atoms with Gasteiger partial charge in [0.25, 0.3) is 0 Å². The van der Waals surface area contributed by atoms with E-state index in [4.69, 9.17) is 9.47 Å². The molecule has 0 aliphatic rings. The van der Waals surface area contributed by atoms with Crippen molar-refractivity contribution in [1.29, 1.82) is 0 Å². The minimum atomic E-state index is -0.162. The molecule has 6 nitrogen and oxygen atoms in total. The number of amides is 1. The lowest BCUT2D eigenvalue weighted by molar-refractivity contribution is -0.146. The van der Waals surface area contributed by atoms with Crippen molar-refractivity contribution in [3.8, 4) is 0 Å². The summed E-state index contributed by atoms with van der Waals surface area (Å²) in [5.41, 5.74) is 0. The molecule has 0 fully saturated rings. The maximum atomic E-state index is 12.4. The molecule has 1 amide bonds. The van der Waals surface area contributed by atoms with Gasteiger partial charge in [-0.2, -0.15) is 0 Å². The molecule has 200 valence electrons. The molecule has 0 spiro atoms. The molecular formula is C28H54N2O4. The zero-order valence-electron chi connectivity index (χ0n) is 22.8. The molecule has 0 aromatic rings. The number of allylic oxidation sites excluding steroid dienone is 2. The molecule has 0 unspecified atom stereocenters. The van der Waals surface area contributed by atoms with Crippen LogP contribution in [0.2, 0.25) is 0 Å². The predicted molar refractivity (Wildman–Crippen MR) is 142 cm³/mol. The number of methoxy groups -OCH3 is 1. The second-order valence-electron chi connectivity index (χ2n) is 9.48. The fraction of sp³-hybridized carbons (Fsp3) is 0.857. The first-order valence-electron chi connectivity index (χ1n) is 13.7. The monoisotopic (exact) mass is 482 g/mol. The Morgan fingerprint density at radius 3 is 1.85 bits per heavy atom. The van der Waals surface area contributed by atoms with Gasteiger partial charge in [-0.3, -0.25) is 9.59 Å². The van der Waals surface area contributed by atoms with E-state index in [2.05, 4.69) is 19.1 Å². The summed E-state index contributed by atoms with van der Waals surface area (Å²) in [6, 6.07) is 0. The molecule has 0 atom stereocenters. The number of hydrogen-bond acceptors (Lipinski definition) is 5. The highest BCUT2D eigenvalue weighted by molar-refractivity contribution is 5.76. The largest absolute Gasteiger partial charge is 0.464 e. The number of unbranched alkanes of at least 4 members (excludes halogenated alkanes) is 11. The van der Waals surface area contributed by atoms with E-state index in [1.54, 1.807) is 12.0 Å². The molecule has 0 aromatic heterocycles. The summed E-state index contributed by atoms with van der Waals surface area (Å²) in [7, 11) is 5.52. The van der Waals surface area contributed by atoms with Crippen molar-refractivity contribution in [3.63, 3.8) is 0 Å². The molecule has 0 bridgehead atoms. The Balaban J connectivity index is 3.67. The van der Waals surface area contributed by atoms with Crippen molar-refractivity contribution < 1.29 is 19.1 Å². The van der Waals surface area contributed by atoms with E-state index in [0.717, 1.165) is 12.8 Å². The van der Waals surface area contributed by atoms with Gasteiger partial charge in [-0.1, -0.05) is 70.4 Å². The number of carbonyl (C=O) groups is 2. The van der Waals surface area contributed by atoms with E-state index in [1.807, 2.05) is 19.0 Å². The lowest BCUT2D eigenvalue weighted by atomic mass is 10.1. The Morgan fingerprint density at radius 2 is 1.26 bits per heavy atom. The highest BCUT2D eigenvalue weighted by atomic mass is 16.5. The molecule has 0 radical (unpaired) electrons. The van der Waals surface area contributed by atoms with Gasteiger partial charge in [-0.05, 0) is 46.2 Å². The van der Waals surface area contributed by atoms with Gasteiger partial charge < -0.3 is 19.3 Å². The van der Waals surface area contributed by atoms with Crippen LogP contribution >= 0.6 is 0 Å². The van der Waals surface area contributed by atoms with Crippen LogP contribution in [0.3, 0.4) is 0 Å². The van der Waals surface area contributed by atoms with Crippen LogP contribution in [0.1, 0.15) is 103 Å². The Hall–Kier alpha value is -1.40. The van der Waals surface area contributed by atoms with Crippen molar-refractivity contribution in [2.24, 2.45) is 0 Å². The summed E-state index contributed by atoms with van der Waals surface area (Å²) in [6.07, 6.45) is 21.8. The van der Waals surface area contributed by atoms with E-state index >= 15 is 0 Å². The summed E-state index contributed by atoms with van der Waals surface area (Å²) >= 11 is 0. The van der Waals surface area contributed by atoms with Gasteiger partial charge in [0.15, 0.2) is 0 Å². The van der Waals surface area contributed by atoms with E-state index in [1.165, 1.54) is 70.6 Å². The first kappa shape index (κ1) is 32.6. The second kappa shape index (κ2) is 24.7. The van der Waals surface area contributed by atoms with Gasteiger partial charge >= 0.3 is 5.97 Å². The molecule has 0 heterocycles. The third kappa shape index (κ3) is 22.4. The van der Waals surface area contributed by atoms with Crippen LogP contribution in [-0.4, -0.2) is 75.7 Å². The maximum absolute atomic E-state index is 12.4. The summed E-state index contributed by atoms with van der Waals surface area (Å²) in [5.74, 6) is -0.0934. The minimum absolute atomic E-state index is 0.0686. The van der Waals surface area contributed by atoms with Crippen molar-refractivity contribution in [1.82, 2.24) is 9.80 Å². The van der Waals surface area contributed by atoms with E-state index in [-0.39, 0.29) is 18.5 Å². The molecule has 0 aliphatic heterocycles. The van der Waals surface area contributed by atoms with Gasteiger partial charge in [0, 0.05) is 33.0 Å². The van der Waals surface area contributed by atoms with E-state index in [0.29, 0.717) is 39.1 Å². The molecule has 0 saturated carbocycles.